The van der Waals surface area contributed by atoms with E-state index >= 15 is 0 Å². The lowest BCUT2D eigenvalue weighted by atomic mass is 10.2. The first kappa shape index (κ1) is 14.4. The number of aromatic nitrogens is 2. The van der Waals surface area contributed by atoms with Crippen molar-refractivity contribution in [3.8, 4) is 0 Å². The molecule has 0 saturated carbocycles. The lowest BCUT2D eigenvalue weighted by molar-refractivity contribution is -0.0424. The zero-order valence-corrected chi connectivity index (χ0v) is 12.6. The van der Waals surface area contributed by atoms with Crippen molar-refractivity contribution in [2.24, 2.45) is 0 Å². The molecule has 1 atom stereocenters. The van der Waals surface area contributed by atoms with Crippen LogP contribution in [-0.4, -0.2) is 36.0 Å². The van der Waals surface area contributed by atoms with E-state index in [0.29, 0.717) is 18.8 Å². The molecule has 1 aromatic rings. The van der Waals surface area contributed by atoms with E-state index in [1.54, 1.807) is 6.20 Å². The fraction of sp³-hybridized carbons (Fsp3) is 0.571. The van der Waals surface area contributed by atoms with Crippen molar-refractivity contribution in [1.82, 2.24) is 15.1 Å². The molecule has 114 valence electrons. The highest BCUT2D eigenvalue weighted by Gasteiger charge is 2.23. The highest BCUT2D eigenvalue weighted by atomic mass is 35.5. The molecule has 1 unspecified atom stereocenters. The maximum absolute atomic E-state index is 12.4. The fourth-order valence-corrected chi connectivity index (χ4v) is 2.97. The van der Waals surface area contributed by atoms with E-state index in [-0.39, 0.29) is 16.8 Å². The normalized spacial score (nSPS) is 23.0. The van der Waals surface area contributed by atoms with Gasteiger partial charge in [0.05, 0.1) is 18.4 Å². The molecular formula is C14H19ClN4O2. The predicted octanol–water partition coefficient (Wildman–Crippen LogP) is 1.52. The monoisotopic (exact) mass is 310 g/mol. The summed E-state index contributed by atoms with van der Waals surface area (Å²) < 4.78 is 6.97. The van der Waals surface area contributed by atoms with Crippen LogP contribution < -0.4 is 15.8 Å². The van der Waals surface area contributed by atoms with E-state index in [0.717, 1.165) is 38.0 Å². The third-order valence-electron chi connectivity index (χ3n) is 3.83. The summed E-state index contributed by atoms with van der Waals surface area (Å²) in [4.78, 5) is 14.5. The van der Waals surface area contributed by atoms with Gasteiger partial charge in [-0.2, -0.15) is 9.78 Å². The van der Waals surface area contributed by atoms with E-state index in [2.05, 4.69) is 17.0 Å². The van der Waals surface area contributed by atoms with Crippen molar-refractivity contribution < 1.29 is 4.74 Å². The van der Waals surface area contributed by atoms with Crippen LogP contribution in [0.5, 0.6) is 0 Å². The molecule has 3 rings (SSSR count). The second-order valence-electron chi connectivity index (χ2n) is 5.37. The summed E-state index contributed by atoms with van der Waals surface area (Å²) in [5, 5.41) is 7.64. The number of piperazine rings is 1. The van der Waals surface area contributed by atoms with Crippen LogP contribution in [0.25, 0.3) is 0 Å². The van der Waals surface area contributed by atoms with E-state index < -0.39 is 0 Å². The highest BCUT2D eigenvalue weighted by molar-refractivity contribution is 6.33. The summed E-state index contributed by atoms with van der Waals surface area (Å²) in [5.74, 6) is 0. The van der Waals surface area contributed by atoms with Crippen molar-refractivity contribution in [2.75, 3.05) is 31.1 Å². The molecule has 0 aliphatic carbocycles. The Balaban J connectivity index is 1.88. The average Bonchev–Trinajstić information content (AvgIpc) is 2.51. The summed E-state index contributed by atoms with van der Waals surface area (Å²) in [6, 6.07) is 0. The minimum Gasteiger partial charge on any atom is -0.386 e. The molecule has 2 aliphatic heterocycles. The Labute approximate surface area is 128 Å². The predicted molar refractivity (Wildman–Crippen MR) is 81.7 cm³/mol. The molecule has 6 nitrogen and oxygen atoms in total. The van der Waals surface area contributed by atoms with Gasteiger partial charge in [-0.05, 0) is 19.3 Å². The molecule has 21 heavy (non-hydrogen) atoms. The number of hydrogen-bond donors (Lipinski definition) is 1. The Hall–Kier alpha value is -1.53. The third kappa shape index (κ3) is 2.91. The second kappa shape index (κ2) is 6.07. The van der Waals surface area contributed by atoms with Gasteiger partial charge in [0.2, 0.25) is 0 Å². The Morgan fingerprint density at radius 1 is 1.48 bits per heavy atom. The quantitative estimate of drug-likeness (QED) is 0.897. The van der Waals surface area contributed by atoms with Crippen molar-refractivity contribution in [1.29, 1.82) is 0 Å². The van der Waals surface area contributed by atoms with Gasteiger partial charge in [-0.25, -0.2) is 0 Å². The number of ether oxygens (including phenoxy) is 1. The van der Waals surface area contributed by atoms with Crippen LogP contribution >= 0.6 is 11.6 Å². The van der Waals surface area contributed by atoms with Crippen LogP contribution in [0.1, 0.15) is 25.5 Å². The second-order valence-corrected chi connectivity index (χ2v) is 5.74. The van der Waals surface area contributed by atoms with Gasteiger partial charge in [-0.1, -0.05) is 18.2 Å². The molecule has 2 fully saturated rings. The number of anilines is 1. The van der Waals surface area contributed by atoms with Crippen LogP contribution in [-0.2, 0) is 4.74 Å². The van der Waals surface area contributed by atoms with Crippen LogP contribution in [0.15, 0.2) is 23.3 Å². The van der Waals surface area contributed by atoms with Gasteiger partial charge >= 0.3 is 0 Å². The molecule has 0 bridgehead atoms. The summed E-state index contributed by atoms with van der Waals surface area (Å²) >= 11 is 6.28. The Kier molecular flexibility index (Phi) is 4.17. The zero-order valence-electron chi connectivity index (χ0n) is 11.8. The molecule has 2 aliphatic rings. The molecule has 3 heterocycles. The molecule has 0 aromatic carbocycles. The van der Waals surface area contributed by atoms with Crippen molar-refractivity contribution in [3.05, 3.63) is 33.8 Å². The van der Waals surface area contributed by atoms with Gasteiger partial charge in [0, 0.05) is 25.4 Å². The van der Waals surface area contributed by atoms with Gasteiger partial charge in [0.15, 0.2) is 6.23 Å². The lowest BCUT2D eigenvalue weighted by Gasteiger charge is -2.32. The standard InChI is InChI=1S/C14H19ClN4O2/c1-10-9-18(6-5-16-10)11-8-17-19(14(20)13(11)15)12-4-2-3-7-21-12/h8,12,16H,1-7,9H2. The van der Waals surface area contributed by atoms with E-state index in [1.807, 2.05) is 4.90 Å². The van der Waals surface area contributed by atoms with Gasteiger partial charge in [0.1, 0.15) is 5.02 Å². The number of rotatable bonds is 2. The van der Waals surface area contributed by atoms with Crippen LogP contribution in [0.2, 0.25) is 5.02 Å². The molecule has 0 spiro atoms. The highest BCUT2D eigenvalue weighted by Crippen LogP contribution is 2.25. The van der Waals surface area contributed by atoms with E-state index in [4.69, 9.17) is 16.3 Å². The Bertz CT molecular complexity index is 595. The third-order valence-corrected chi connectivity index (χ3v) is 4.19. The minimum atomic E-state index is -0.296. The van der Waals surface area contributed by atoms with Crippen LogP contribution in [0.3, 0.4) is 0 Å². The number of nitrogens with zero attached hydrogens (tertiary/aromatic N) is 3. The van der Waals surface area contributed by atoms with Gasteiger partial charge in [-0.3, -0.25) is 4.79 Å². The fourth-order valence-electron chi connectivity index (χ4n) is 2.72. The molecule has 1 N–H and O–H groups in total. The molecule has 0 amide bonds. The van der Waals surface area contributed by atoms with Crippen molar-refractivity contribution >= 4 is 17.3 Å². The van der Waals surface area contributed by atoms with Crippen LogP contribution in [0, 0.1) is 0 Å². The first-order valence-electron chi connectivity index (χ1n) is 7.22. The summed E-state index contributed by atoms with van der Waals surface area (Å²) in [7, 11) is 0. The molecule has 0 radical (unpaired) electrons. The van der Waals surface area contributed by atoms with Gasteiger partial charge in [-0.15, -0.1) is 0 Å². The Morgan fingerprint density at radius 2 is 2.33 bits per heavy atom. The SMILES string of the molecule is C=C1CN(c2cnn(C3CCCCO3)c(=O)c2Cl)CCN1. The largest absolute Gasteiger partial charge is 0.386 e. The van der Waals surface area contributed by atoms with E-state index in [1.165, 1.54) is 4.68 Å². The zero-order chi connectivity index (χ0) is 14.8. The average molecular weight is 311 g/mol. The number of nitrogens with one attached hydrogen (secondary N) is 1. The molecule has 2 saturated heterocycles. The van der Waals surface area contributed by atoms with Gasteiger partial charge in [0.25, 0.3) is 5.56 Å². The molecular weight excluding hydrogens is 292 g/mol. The Morgan fingerprint density at radius 3 is 3.05 bits per heavy atom. The first-order valence-corrected chi connectivity index (χ1v) is 7.60. The molecule has 7 heteroatoms. The number of hydrogen-bond acceptors (Lipinski definition) is 5. The van der Waals surface area contributed by atoms with E-state index in [9.17, 15) is 4.79 Å². The first-order chi connectivity index (χ1) is 10.2. The maximum Gasteiger partial charge on any atom is 0.290 e. The van der Waals surface area contributed by atoms with Crippen molar-refractivity contribution in [2.45, 2.75) is 25.5 Å². The topological polar surface area (TPSA) is 59.4 Å². The summed E-state index contributed by atoms with van der Waals surface area (Å²) in [6.45, 7) is 6.76. The summed E-state index contributed by atoms with van der Waals surface area (Å²) in [5.41, 5.74) is 1.29. The van der Waals surface area contributed by atoms with Crippen molar-refractivity contribution in [3.63, 3.8) is 0 Å². The van der Waals surface area contributed by atoms with Crippen LogP contribution in [0.4, 0.5) is 5.69 Å². The molecule has 1 aromatic heterocycles. The minimum absolute atomic E-state index is 0.203. The maximum atomic E-state index is 12.4. The van der Waals surface area contributed by atoms with Gasteiger partial charge < -0.3 is 15.0 Å². The smallest absolute Gasteiger partial charge is 0.290 e. The summed E-state index contributed by atoms with van der Waals surface area (Å²) in [6.07, 6.45) is 4.22. The number of halogens is 1. The lowest BCUT2D eigenvalue weighted by Crippen LogP contribution is -2.43.